The fourth-order valence-corrected chi connectivity index (χ4v) is 2.35. The molecule has 2 rings (SSSR count). The third-order valence-corrected chi connectivity index (χ3v) is 4.07. The number of esters is 1. The minimum absolute atomic E-state index is 0.122. The number of hydrogen-bond acceptors (Lipinski definition) is 5. The first-order chi connectivity index (χ1) is 13.4. The van der Waals surface area contributed by atoms with E-state index in [-0.39, 0.29) is 24.2 Å². The van der Waals surface area contributed by atoms with Gasteiger partial charge in [0.05, 0.1) is 23.7 Å². The largest absolute Gasteiger partial charge is 0.452 e. The van der Waals surface area contributed by atoms with Crippen LogP contribution in [0.2, 0.25) is 5.02 Å². The summed E-state index contributed by atoms with van der Waals surface area (Å²) in [5, 5.41) is 11.7. The number of nitrogens with one attached hydrogen (secondary N) is 1. The predicted molar refractivity (Wildman–Crippen MR) is 104 cm³/mol. The molecule has 0 aliphatic rings. The van der Waals surface area contributed by atoms with Gasteiger partial charge in [-0.05, 0) is 36.4 Å². The summed E-state index contributed by atoms with van der Waals surface area (Å²) < 4.78 is 5.05. The first-order valence-electron chi connectivity index (χ1n) is 8.36. The van der Waals surface area contributed by atoms with Crippen molar-refractivity contribution in [2.75, 3.05) is 25.5 Å². The first kappa shape index (κ1) is 20.9. The fourth-order valence-electron chi connectivity index (χ4n) is 2.22. The molecule has 0 saturated carbocycles. The Balaban J connectivity index is 2.03. The molecule has 0 fully saturated rings. The average Bonchev–Trinajstić information content (AvgIpc) is 2.70. The van der Waals surface area contributed by atoms with Crippen molar-refractivity contribution in [3.05, 3.63) is 64.7 Å². The Labute approximate surface area is 167 Å². The summed E-state index contributed by atoms with van der Waals surface area (Å²) >= 11 is 5.81. The van der Waals surface area contributed by atoms with Gasteiger partial charge >= 0.3 is 5.97 Å². The van der Waals surface area contributed by atoms with Crippen LogP contribution < -0.4 is 5.32 Å². The third-order valence-electron chi connectivity index (χ3n) is 3.81. The van der Waals surface area contributed by atoms with Crippen molar-refractivity contribution in [2.24, 2.45) is 0 Å². The van der Waals surface area contributed by atoms with E-state index in [1.54, 1.807) is 42.5 Å². The van der Waals surface area contributed by atoms with Crippen molar-refractivity contribution in [1.82, 2.24) is 4.90 Å². The minimum Gasteiger partial charge on any atom is -0.452 e. The maximum absolute atomic E-state index is 12.4. The monoisotopic (exact) mass is 399 g/mol. The van der Waals surface area contributed by atoms with Gasteiger partial charge < -0.3 is 15.0 Å². The van der Waals surface area contributed by atoms with Gasteiger partial charge in [0.2, 0.25) is 0 Å². The number of para-hydroxylation sites is 1. The molecule has 144 valence electrons. The Morgan fingerprint density at radius 2 is 1.82 bits per heavy atom. The molecular weight excluding hydrogens is 382 g/mol. The molecule has 2 aromatic rings. The quantitative estimate of drug-likeness (QED) is 0.721. The lowest BCUT2D eigenvalue weighted by atomic mass is 10.1. The van der Waals surface area contributed by atoms with Crippen LogP contribution in [0.5, 0.6) is 0 Å². The van der Waals surface area contributed by atoms with Crippen LogP contribution in [-0.4, -0.2) is 42.9 Å². The van der Waals surface area contributed by atoms with E-state index in [4.69, 9.17) is 21.6 Å². The molecule has 0 aliphatic carbocycles. The molecule has 0 atom stereocenters. The highest BCUT2D eigenvalue weighted by Crippen LogP contribution is 2.18. The van der Waals surface area contributed by atoms with Crippen molar-refractivity contribution in [3.8, 4) is 6.07 Å². The molecule has 2 amide bonds. The van der Waals surface area contributed by atoms with Crippen LogP contribution in [0.4, 0.5) is 5.69 Å². The van der Waals surface area contributed by atoms with Gasteiger partial charge in [-0.25, -0.2) is 4.79 Å². The highest BCUT2D eigenvalue weighted by molar-refractivity contribution is 6.30. The highest BCUT2D eigenvalue weighted by Gasteiger charge is 2.17. The molecular formula is C20H18ClN3O4. The van der Waals surface area contributed by atoms with Gasteiger partial charge in [-0.15, -0.1) is 0 Å². The van der Waals surface area contributed by atoms with E-state index in [1.807, 2.05) is 6.07 Å². The smallest absolute Gasteiger partial charge is 0.340 e. The maximum Gasteiger partial charge on any atom is 0.340 e. The van der Waals surface area contributed by atoms with Gasteiger partial charge in [0, 0.05) is 24.2 Å². The number of benzene rings is 2. The Hall–Kier alpha value is -3.37. The summed E-state index contributed by atoms with van der Waals surface area (Å²) in [5.41, 5.74) is 0.761. The number of amides is 2. The average molecular weight is 400 g/mol. The SMILES string of the molecule is CN(CCC#N)C(=O)COC(=O)c1ccccc1NC(=O)c1ccc(Cl)cc1. The van der Waals surface area contributed by atoms with Crippen LogP contribution in [0.3, 0.4) is 0 Å². The van der Waals surface area contributed by atoms with Crippen LogP contribution in [-0.2, 0) is 9.53 Å². The molecule has 0 aliphatic heterocycles. The molecule has 0 bridgehead atoms. The summed E-state index contributed by atoms with van der Waals surface area (Å²) in [7, 11) is 1.52. The minimum atomic E-state index is -0.742. The van der Waals surface area contributed by atoms with Crippen molar-refractivity contribution < 1.29 is 19.1 Å². The molecule has 0 spiro atoms. The Morgan fingerprint density at radius 3 is 2.50 bits per heavy atom. The van der Waals surface area contributed by atoms with Crippen LogP contribution in [0.15, 0.2) is 48.5 Å². The first-order valence-corrected chi connectivity index (χ1v) is 8.74. The second kappa shape index (κ2) is 10.1. The Kier molecular flexibility index (Phi) is 7.55. The van der Waals surface area contributed by atoms with E-state index in [2.05, 4.69) is 5.32 Å². The van der Waals surface area contributed by atoms with Crippen molar-refractivity contribution in [1.29, 1.82) is 5.26 Å². The number of rotatable bonds is 7. The van der Waals surface area contributed by atoms with Gasteiger partial charge in [-0.2, -0.15) is 5.26 Å². The van der Waals surface area contributed by atoms with Gasteiger partial charge in [0.1, 0.15) is 0 Å². The number of likely N-dealkylation sites (N-methyl/N-ethyl adjacent to an activating group) is 1. The number of halogens is 1. The number of carbonyl (C=O) groups is 3. The number of nitrogens with zero attached hydrogens (tertiary/aromatic N) is 2. The summed E-state index contributed by atoms with van der Waals surface area (Å²) in [6, 6.07) is 14.6. The number of anilines is 1. The number of hydrogen-bond donors (Lipinski definition) is 1. The van der Waals surface area contributed by atoms with Gasteiger partial charge in [0.25, 0.3) is 11.8 Å². The van der Waals surface area contributed by atoms with E-state index in [9.17, 15) is 14.4 Å². The standard InChI is InChI=1S/C20H18ClN3O4/c1-24(12-4-11-22)18(25)13-28-20(27)16-5-2-3-6-17(16)23-19(26)14-7-9-15(21)10-8-14/h2-3,5-10H,4,12-13H2,1H3,(H,23,26). The molecule has 0 radical (unpaired) electrons. The van der Waals surface area contributed by atoms with Crippen LogP contribution in [0.1, 0.15) is 27.1 Å². The van der Waals surface area contributed by atoms with Crippen LogP contribution in [0, 0.1) is 11.3 Å². The highest BCUT2D eigenvalue weighted by atomic mass is 35.5. The van der Waals surface area contributed by atoms with Crippen molar-refractivity contribution in [3.63, 3.8) is 0 Å². The Morgan fingerprint density at radius 1 is 1.14 bits per heavy atom. The molecule has 0 unspecified atom stereocenters. The molecule has 2 aromatic carbocycles. The van der Waals surface area contributed by atoms with Crippen molar-refractivity contribution in [2.45, 2.75) is 6.42 Å². The van der Waals surface area contributed by atoms with E-state index >= 15 is 0 Å². The zero-order valence-corrected chi connectivity index (χ0v) is 15.9. The second-order valence-corrected chi connectivity index (χ2v) is 6.24. The lowest BCUT2D eigenvalue weighted by molar-refractivity contribution is -0.133. The molecule has 8 heteroatoms. The lowest BCUT2D eigenvalue weighted by Crippen LogP contribution is -2.32. The predicted octanol–water partition coefficient (Wildman–Crippen LogP) is 3.12. The topological polar surface area (TPSA) is 99.5 Å². The summed E-state index contributed by atoms with van der Waals surface area (Å²) in [6.45, 7) is -0.207. The molecule has 1 N–H and O–H groups in total. The molecule has 0 heterocycles. The third kappa shape index (κ3) is 5.83. The Bertz CT molecular complexity index is 906. The zero-order chi connectivity index (χ0) is 20.5. The zero-order valence-electron chi connectivity index (χ0n) is 15.1. The normalized spacial score (nSPS) is 9.89. The second-order valence-electron chi connectivity index (χ2n) is 5.81. The van der Waals surface area contributed by atoms with Crippen LogP contribution in [0.25, 0.3) is 0 Å². The van der Waals surface area contributed by atoms with E-state index in [0.717, 1.165) is 0 Å². The maximum atomic E-state index is 12.4. The van der Waals surface area contributed by atoms with Gasteiger partial charge in [-0.3, -0.25) is 9.59 Å². The van der Waals surface area contributed by atoms with E-state index in [0.29, 0.717) is 10.6 Å². The van der Waals surface area contributed by atoms with Gasteiger partial charge in [0.15, 0.2) is 6.61 Å². The summed E-state index contributed by atoms with van der Waals surface area (Å²) in [4.78, 5) is 37.9. The number of ether oxygens (including phenoxy) is 1. The molecule has 0 aromatic heterocycles. The molecule has 28 heavy (non-hydrogen) atoms. The molecule has 7 nitrogen and oxygen atoms in total. The summed E-state index contributed by atoms with van der Waals surface area (Å²) in [6.07, 6.45) is 0.190. The lowest BCUT2D eigenvalue weighted by Gasteiger charge is -2.16. The van der Waals surface area contributed by atoms with Crippen LogP contribution >= 0.6 is 11.6 Å². The number of carbonyl (C=O) groups excluding carboxylic acids is 3. The summed E-state index contributed by atoms with van der Waals surface area (Å²) in [5.74, 6) is -1.58. The van der Waals surface area contributed by atoms with Crippen molar-refractivity contribution >= 4 is 35.1 Å². The van der Waals surface area contributed by atoms with E-state index < -0.39 is 24.4 Å². The fraction of sp³-hybridized carbons (Fsp3) is 0.200. The van der Waals surface area contributed by atoms with Gasteiger partial charge in [-0.1, -0.05) is 23.7 Å². The van der Waals surface area contributed by atoms with E-state index in [1.165, 1.54) is 18.0 Å². The number of nitriles is 1. The molecule has 0 saturated heterocycles.